The molecule has 3 nitrogen and oxygen atoms in total. The summed E-state index contributed by atoms with van der Waals surface area (Å²) in [5.74, 6) is -0.219. The Hall–Kier alpha value is -1.84. The third-order valence-corrected chi connectivity index (χ3v) is 2.12. The van der Waals surface area contributed by atoms with Crippen molar-refractivity contribution < 1.29 is 4.39 Å². The van der Waals surface area contributed by atoms with Gasteiger partial charge in [0, 0.05) is 25.5 Å². The molecule has 1 N–H and O–H groups in total. The minimum atomic E-state index is -0.219. The number of nitrogens with one attached hydrogen (secondary N) is 1. The van der Waals surface area contributed by atoms with Crippen molar-refractivity contribution in [2.75, 3.05) is 11.9 Å². The van der Waals surface area contributed by atoms with E-state index >= 15 is 0 Å². The second kappa shape index (κ2) is 4.59. The number of para-hydroxylation sites is 1. The maximum Gasteiger partial charge on any atom is 0.146 e. The van der Waals surface area contributed by atoms with E-state index in [0.29, 0.717) is 12.2 Å². The van der Waals surface area contributed by atoms with Crippen LogP contribution in [0, 0.1) is 5.82 Å². The van der Waals surface area contributed by atoms with Crippen LogP contribution in [0.2, 0.25) is 0 Å². The molecule has 0 saturated carbocycles. The first-order chi connectivity index (χ1) is 7.36. The molecule has 1 aromatic heterocycles. The van der Waals surface area contributed by atoms with Crippen LogP contribution in [-0.2, 0) is 6.54 Å². The molecule has 0 saturated heterocycles. The number of halogens is 1. The molecule has 78 valence electrons. The van der Waals surface area contributed by atoms with Crippen LogP contribution >= 0.6 is 0 Å². The number of nitrogens with zero attached hydrogens (tertiary/aromatic N) is 2. The molecule has 0 atom stereocenters. The molecule has 2 rings (SSSR count). The van der Waals surface area contributed by atoms with Gasteiger partial charge in [-0.15, -0.1) is 0 Å². The van der Waals surface area contributed by atoms with E-state index in [9.17, 15) is 4.39 Å². The first kappa shape index (κ1) is 9.71. The monoisotopic (exact) mass is 205 g/mol. The number of hydrogen-bond acceptors (Lipinski definition) is 2. The SMILES string of the molecule is Fc1ccccc1NCCn1ccnc1. The number of aromatic nitrogens is 2. The third-order valence-electron chi connectivity index (χ3n) is 2.12. The molecule has 2 aromatic rings. The summed E-state index contributed by atoms with van der Waals surface area (Å²) in [7, 11) is 0. The van der Waals surface area contributed by atoms with Gasteiger partial charge >= 0.3 is 0 Å². The zero-order valence-electron chi connectivity index (χ0n) is 8.23. The first-order valence-corrected chi connectivity index (χ1v) is 4.80. The van der Waals surface area contributed by atoms with Crippen molar-refractivity contribution in [3.8, 4) is 0 Å². The van der Waals surface area contributed by atoms with Crippen molar-refractivity contribution in [1.29, 1.82) is 0 Å². The van der Waals surface area contributed by atoms with Gasteiger partial charge < -0.3 is 9.88 Å². The van der Waals surface area contributed by atoms with Crippen molar-refractivity contribution in [3.63, 3.8) is 0 Å². The van der Waals surface area contributed by atoms with Crippen LogP contribution in [0.25, 0.3) is 0 Å². The maximum atomic E-state index is 13.2. The molecule has 1 heterocycles. The highest BCUT2D eigenvalue weighted by Gasteiger charge is 1.98. The number of rotatable bonds is 4. The molecule has 0 aliphatic rings. The molecule has 0 spiro atoms. The van der Waals surface area contributed by atoms with Crippen LogP contribution in [0.3, 0.4) is 0 Å². The van der Waals surface area contributed by atoms with Gasteiger partial charge in [0.05, 0.1) is 12.0 Å². The van der Waals surface area contributed by atoms with Crippen molar-refractivity contribution >= 4 is 5.69 Å². The van der Waals surface area contributed by atoms with Crippen molar-refractivity contribution in [2.45, 2.75) is 6.54 Å². The van der Waals surface area contributed by atoms with E-state index in [1.165, 1.54) is 6.07 Å². The highest BCUT2D eigenvalue weighted by atomic mass is 19.1. The lowest BCUT2D eigenvalue weighted by atomic mass is 10.3. The Kier molecular flexibility index (Phi) is 2.97. The Labute approximate surface area is 87.6 Å². The lowest BCUT2D eigenvalue weighted by molar-refractivity contribution is 0.627. The van der Waals surface area contributed by atoms with Crippen LogP contribution in [0.15, 0.2) is 43.0 Å². The number of hydrogen-bond donors (Lipinski definition) is 1. The highest BCUT2D eigenvalue weighted by Crippen LogP contribution is 2.11. The number of imidazole rings is 1. The lowest BCUT2D eigenvalue weighted by Crippen LogP contribution is -2.09. The van der Waals surface area contributed by atoms with Crippen molar-refractivity contribution in [1.82, 2.24) is 9.55 Å². The first-order valence-electron chi connectivity index (χ1n) is 4.80. The zero-order valence-corrected chi connectivity index (χ0v) is 8.23. The molecule has 4 heteroatoms. The van der Waals surface area contributed by atoms with Gasteiger partial charge in [-0.1, -0.05) is 12.1 Å². The number of benzene rings is 1. The summed E-state index contributed by atoms with van der Waals surface area (Å²) < 4.78 is 15.1. The predicted molar refractivity (Wildman–Crippen MR) is 57.1 cm³/mol. The fraction of sp³-hybridized carbons (Fsp3) is 0.182. The molecule has 0 fully saturated rings. The van der Waals surface area contributed by atoms with E-state index in [1.54, 1.807) is 24.7 Å². The van der Waals surface area contributed by atoms with E-state index in [4.69, 9.17) is 0 Å². The van der Waals surface area contributed by atoms with Crippen LogP contribution in [0.5, 0.6) is 0 Å². The Morgan fingerprint density at radius 2 is 2.20 bits per heavy atom. The lowest BCUT2D eigenvalue weighted by Gasteiger charge is -2.07. The van der Waals surface area contributed by atoms with E-state index in [1.807, 2.05) is 16.8 Å². The summed E-state index contributed by atoms with van der Waals surface area (Å²) in [6.07, 6.45) is 5.34. The van der Waals surface area contributed by atoms with Crippen LogP contribution < -0.4 is 5.32 Å². The summed E-state index contributed by atoms with van der Waals surface area (Å²) in [6, 6.07) is 6.65. The fourth-order valence-corrected chi connectivity index (χ4v) is 1.34. The molecular formula is C11H12FN3. The van der Waals surface area contributed by atoms with Crippen molar-refractivity contribution in [3.05, 3.63) is 48.8 Å². The number of anilines is 1. The molecule has 1 aromatic carbocycles. The Balaban J connectivity index is 1.86. The summed E-state index contributed by atoms with van der Waals surface area (Å²) in [6.45, 7) is 1.45. The second-order valence-electron chi connectivity index (χ2n) is 3.21. The standard InChI is InChI=1S/C11H12FN3/c12-10-3-1-2-4-11(10)14-6-8-15-7-5-13-9-15/h1-5,7,9,14H,6,8H2. The van der Waals surface area contributed by atoms with Gasteiger partial charge in [-0.05, 0) is 12.1 Å². The molecular weight excluding hydrogens is 193 g/mol. The quantitative estimate of drug-likeness (QED) is 0.828. The third kappa shape index (κ3) is 2.56. The maximum absolute atomic E-state index is 13.2. The van der Waals surface area contributed by atoms with E-state index in [-0.39, 0.29) is 5.82 Å². The molecule has 0 unspecified atom stereocenters. The Morgan fingerprint density at radius 1 is 1.33 bits per heavy atom. The Morgan fingerprint density at radius 3 is 2.93 bits per heavy atom. The van der Waals surface area contributed by atoms with Crippen LogP contribution in [0.4, 0.5) is 10.1 Å². The zero-order chi connectivity index (χ0) is 10.5. The highest BCUT2D eigenvalue weighted by molar-refractivity contribution is 5.44. The second-order valence-corrected chi connectivity index (χ2v) is 3.21. The topological polar surface area (TPSA) is 29.9 Å². The average molecular weight is 205 g/mol. The molecule has 0 aliphatic heterocycles. The fourth-order valence-electron chi connectivity index (χ4n) is 1.34. The van der Waals surface area contributed by atoms with Gasteiger partial charge in [0.25, 0.3) is 0 Å². The van der Waals surface area contributed by atoms with Gasteiger partial charge in [0.1, 0.15) is 5.82 Å². The van der Waals surface area contributed by atoms with Gasteiger partial charge in [0.2, 0.25) is 0 Å². The summed E-state index contributed by atoms with van der Waals surface area (Å²) >= 11 is 0. The van der Waals surface area contributed by atoms with Crippen molar-refractivity contribution in [2.24, 2.45) is 0 Å². The minimum Gasteiger partial charge on any atom is -0.381 e. The average Bonchev–Trinajstić information content (AvgIpc) is 2.74. The molecule has 15 heavy (non-hydrogen) atoms. The molecule has 0 radical (unpaired) electrons. The van der Waals surface area contributed by atoms with Crippen LogP contribution in [0.1, 0.15) is 0 Å². The summed E-state index contributed by atoms with van der Waals surface area (Å²) in [5.41, 5.74) is 0.539. The van der Waals surface area contributed by atoms with E-state index in [0.717, 1.165) is 6.54 Å². The molecule has 0 amide bonds. The molecule has 0 bridgehead atoms. The largest absolute Gasteiger partial charge is 0.381 e. The van der Waals surface area contributed by atoms with Gasteiger partial charge in [-0.25, -0.2) is 9.37 Å². The summed E-state index contributed by atoms with van der Waals surface area (Å²) in [5, 5.41) is 3.03. The minimum absolute atomic E-state index is 0.219. The predicted octanol–water partition coefficient (Wildman–Crippen LogP) is 2.13. The van der Waals surface area contributed by atoms with E-state index < -0.39 is 0 Å². The van der Waals surface area contributed by atoms with Gasteiger partial charge in [-0.3, -0.25) is 0 Å². The van der Waals surface area contributed by atoms with Crippen LogP contribution in [-0.4, -0.2) is 16.1 Å². The molecule has 0 aliphatic carbocycles. The van der Waals surface area contributed by atoms with Gasteiger partial charge in [-0.2, -0.15) is 0 Å². The van der Waals surface area contributed by atoms with E-state index in [2.05, 4.69) is 10.3 Å². The van der Waals surface area contributed by atoms with Gasteiger partial charge in [0.15, 0.2) is 0 Å². The Bertz CT molecular complexity index is 412. The summed E-state index contributed by atoms with van der Waals surface area (Å²) in [4.78, 5) is 3.93. The normalized spacial score (nSPS) is 10.2. The smallest absolute Gasteiger partial charge is 0.146 e.